The number of terminal acetylenes is 1. The van der Waals surface area contributed by atoms with Crippen LogP contribution in [-0.4, -0.2) is 23.1 Å². The standard InChI is InChI=1S/C8H8O4/c1-2-3-5-4-6(7(9)10)12-8(5)11/h1,5-6H,3-4H2,(H,9,10)/t5-,6+/m1/s1. The van der Waals surface area contributed by atoms with E-state index in [9.17, 15) is 9.59 Å². The third-order valence-corrected chi connectivity index (χ3v) is 1.73. The van der Waals surface area contributed by atoms with E-state index in [4.69, 9.17) is 11.5 Å². The maximum atomic E-state index is 10.9. The van der Waals surface area contributed by atoms with Gasteiger partial charge in [0.1, 0.15) is 0 Å². The highest BCUT2D eigenvalue weighted by Crippen LogP contribution is 2.23. The third kappa shape index (κ3) is 1.56. The molecule has 12 heavy (non-hydrogen) atoms. The van der Waals surface area contributed by atoms with Crippen molar-refractivity contribution in [2.45, 2.75) is 18.9 Å². The second-order valence-electron chi connectivity index (χ2n) is 2.60. The van der Waals surface area contributed by atoms with Crippen LogP contribution in [0.4, 0.5) is 0 Å². The minimum absolute atomic E-state index is 0.193. The highest BCUT2D eigenvalue weighted by Gasteiger charge is 2.37. The van der Waals surface area contributed by atoms with Crippen LogP contribution in [0.3, 0.4) is 0 Å². The summed E-state index contributed by atoms with van der Waals surface area (Å²) in [5.74, 6) is 0.263. The van der Waals surface area contributed by atoms with Crippen LogP contribution < -0.4 is 0 Å². The summed E-state index contributed by atoms with van der Waals surface area (Å²) in [6, 6.07) is 0. The van der Waals surface area contributed by atoms with Gasteiger partial charge >= 0.3 is 11.9 Å². The molecule has 0 aromatic rings. The van der Waals surface area contributed by atoms with E-state index in [2.05, 4.69) is 10.7 Å². The maximum Gasteiger partial charge on any atom is 0.345 e. The monoisotopic (exact) mass is 168 g/mol. The summed E-state index contributed by atoms with van der Waals surface area (Å²) in [6.07, 6.45) is 4.43. The molecule has 0 amide bonds. The van der Waals surface area contributed by atoms with Crippen LogP contribution in [0.5, 0.6) is 0 Å². The molecule has 0 aromatic heterocycles. The van der Waals surface area contributed by atoms with Crippen molar-refractivity contribution >= 4 is 11.9 Å². The number of aliphatic carboxylic acids is 1. The molecule has 1 rings (SSSR count). The Balaban J connectivity index is 2.57. The molecule has 1 saturated heterocycles. The lowest BCUT2D eigenvalue weighted by molar-refractivity contribution is -0.157. The average Bonchev–Trinajstić information content (AvgIpc) is 2.34. The number of hydrogen-bond donors (Lipinski definition) is 1. The van der Waals surface area contributed by atoms with Crippen LogP contribution in [0.15, 0.2) is 0 Å². The molecule has 0 aliphatic carbocycles. The Kier molecular flexibility index (Phi) is 2.34. The topological polar surface area (TPSA) is 63.6 Å². The Labute approximate surface area is 69.5 Å². The lowest BCUT2D eigenvalue weighted by Crippen LogP contribution is -2.18. The summed E-state index contributed by atoms with van der Waals surface area (Å²) in [7, 11) is 0. The molecule has 1 aliphatic rings. The minimum Gasteiger partial charge on any atom is -0.479 e. The molecule has 1 heterocycles. The molecule has 0 radical (unpaired) electrons. The Morgan fingerprint density at radius 3 is 2.92 bits per heavy atom. The summed E-state index contributed by atoms with van der Waals surface area (Å²) < 4.78 is 4.55. The van der Waals surface area contributed by atoms with Gasteiger partial charge in [0.25, 0.3) is 0 Å². The van der Waals surface area contributed by atoms with Gasteiger partial charge < -0.3 is 9.84 Å². The summed E-state index contributed by atoms with van der Waals surface area (Å²) in [4.78, 5) is 21.3. The molecule has 64 valence electrons. The maximum absolute atomic E-state index is 10.9. The fourth-order valence-corrected chi connectivity index (χ4v) is 1.10. The average molecular weight is 168 g/mol. The van der Waals surface area contributed by atoms with E-state index in [1.807, 2.05) is 0 Å². The van der Waals surface area contributed by atoms with Gasteiger partial charge in [-0.05, 0) is 0 Å². The van der Waals surface area contributed by atoms with Gasteiger partial charge in [0, 0.05) is 12.8 Å². The van der Waals surface area contributed by atoms with Gasteiger partial charge in [-0.1, -0.05) is 0 Å². The molecule has 1 aliphatic heterocycles. The first-order chi connectivity index (χ1) is 5.65. The number of cyclic esters (lactones) is 1. The first-order valence-corrected chi connectivity index (χ1v) is 3.52. The van der Waals surface area contributed by atoms with Gasteiger partial charge in [0.2, 0.25) is 0 Å². The summed E-state index contributed by atoms with van der Waals surface area (Å²) in [6.45, 7) is 0. The normalized spacial score (nSPS) is 27.8. The van der Waals surface area contributed by atoms with E-state index in [1.165, 1.54) is 0 Å². The van der Waals surface area contributed by atoms with Crippen LogP contribution in [0.1, 0.15) is 12.8 Å². The number of esters is 1. The second kappa shape index (κ2) is 3.26. The summed E-state index contributed by atoms with van der Waals surface area (Å²) in [5, 5.41) is 8.49. The van der Waals surface area contributed by atoms with Crippen molar-refractivity contribution in [3.8, 4) is 12.3 Å². The molecule has 1 fully saturated rings. The summed E-state index contributed by atoms with van der Waals surface area (Å²) >= 11 is 0. The predicted molar refractivity (Wildman–Crippen MR) is 39.1 cm³/mol. The van der Waals surface area contributed by atoms with Gasteiger partial charge in [0.15, 0.2) is 6.10 Å². The number of hydrogen-bond acceptors (Lipinski definition) is 3. The highest BCUT2D eigenvalue weighted by molar-refractivity contribution is 5.83. The van der Waals surface area contributed by atoms with E-state index in [0.717, 1.165) is 0 Å². The Bertz CT molecular complexity index is 250. The lowest BCUT2D eigenvalue weighted by atomic mass is 10.0. The fraction of sp³-hybridized carbons (Fsp3) is 0.500. The van der Waals surface area contributed by atoms with Gasteiger partial charge in [-0.25, -0.2) is 4.79 Å². The zero-order valence-corrected chi connectivity index (χ0v) is 6.32. The number of ether oxygens (including phenoxy) is 1. The lowest BCUT2D eigenvalue weighted by Gasteiger charge is -1.99. The van der Waals surface area contributed by atoms with Crippen molar-refractivity contribution in [1.29, 1.82) is 0 Å². The highest BCUT2D eigenvalue weighted by atomic mass is 16.6. The van der Waals surface area contributed by atoms with Crippen LogP contribution in [-0.2, 0) is 14.3 Å². The molecule has 0 spiro atoms. The van der Waals surface area contributed by atoms with Crippen molar-refractivity contribution in [1.82, 2.24) is 0 Å². The second-order valence-corrected chi connectivity index (χ2v) is 2.60. The SMILES string of the molecule is C#CC[C@@H]1C[C@@H](C(=O)O)OC1=O. The van der Waals surface area contributed by atoms with Crippen molar-refractivity contribution in [3.05, 3.63) is 0 Å². The van der Waals surface area contributed by atoms with E-state index >= 15 is 0 Å². The molecule has 0 unspecified atom stereocenters. The largest absolute Gasteiger partial charge is 0.479 e. The Morgan fingerprint density at radius 1 is 1.83 bits per heavy atom. The van der Waals surface area contributed by atoms with Crippen LogP contribution in [0.2, 0.25) is 0 Å². The molecule has 0 aromatic carbocycles. The Hall–Kier alpha value is -1.50. The molecule has 4 nitrogen and oxygen atoms in total. The minimum atomic E-state index is -1.11. The van der Waals surface area contributed by atoms with E-state index in [0.29, 0.717) is 0 Å². The molecular formula is C8H8O4. The first kappa shape index (κ1) is 8.60. The number of carboxylic acid groups (broad SMARTS) is 1. The van der Waals surface area contributed by atoms with E-state index < -0.39 is 24.0 Å². The van der Waals surface area contributed by atoms with Crippen molar-refractivity contribution in [3.63, 3.8) is 0 Å². The van der Waals surface area contributed by atoms with Gasteiger partial charge in [-0.3, -0.25) is 4.79 Å². The number of rotatable bonds is 2. The molecule has 0 bridgehead atoms. The quantitative estimate of drug-likeness (QED) is 0.466. The zero-order valence-electron chi connectivity index (χ0n) is 6.32. The molecule has 2 atom stereocenters. The van der Waals surface area contributed by atoms with Crippen molar-refractivity contribution < 1.29 is 19.4 Å². The first-order valence-electron chi connectivity index (χ1n) is 3.52. The fourth-order valence-electron chi connectivity index (χ4n) is 1.10. The van der Waals surface area contributed by atoms with Gasteiger partial charge in [-0.15, -0.1) is 12.3 Å². The predicted octanol–water partition coefficient (Wildman–Crippen LogP) is 0.0260. The van der Waals surface area contributed by atoms with Gasteiger partial charge in [-0.2, -0.15) is 0 Å². The van der Waals surface area contributed by atoms with Crippen molar-refractivity contribution in [2.75, 3.05) is 0 Å². The number of carbonyl (C=O) groups excluding carboxylic acids is 1. The molecule has 0 saturated carbocycles. The number of carboxylic acids is 1. The molecule has 4 heteroatoms. The van der Waals surface area contributed by atoms with Crippen LogP contribution in [0, 0.1) is 18.3 Å². The third-order valence-electron chi connectivity index (χ3n) is 1.73. The van der Waals surface area contributed by atoms with Gasteiger partial charge in [0.05, 0.1) is 5.92 Å². The smallest absolute Gasteiger partial charge is 0.345 e. The van der Waals surface area contributed by atoms with E-state index in [1.54, 1.807) is 0 Å². The number of carbonyl (C=O) groups is 2. The van der Waals surface area contributed by atoms with Crippen LogP contribution >= 0.6 is 0 Å². The zero-order chi connectivity index (χ0) is 9.14. The Morgan fingerprint density at radius 2 is 2.50 bits per heavy atom. The molecule has 1 N–H and O–H groups in total. The molecular weight excluding hydrogens is 160 g/mol. The van der Waals surface area contributed by atoms with Crippen molar-refractivity contribution in [2.24, 2.45) is 5.92 Å². The van der Waals surface area contributed by atoms with Crippen LogP contribution in [0.25, 0.3) is 0 Å². The summed E-state index contributed by atoms with van der Waals surface area (Å²) in [5.41, 5.74) is 0. The van der Waals surface area contributed by atoms with E-state index in [-0.39, 0.29) is 12.8 Å².